The number of fused-ring (bicyclic) bond motifs is 2. The molecule has 0 saturated heterocycles. The molecular formula is C19H14F2N2O4. The molecule has 0 unspecified atom stereocenters. The van der Waals surface area contributed by atoms with E-state index < -0.39 is 12.3 Å². The first-order valence-electron chi connectivity index (χ1n) is 8.52. The molecule has 138 valence electrons. The second kappa shape index (κ2) is 5.42. The van der Waals surface area contributed by atoms with Gasteiger partial charge < -0.3 is 19.1 Å². The van der Waals surface area contributed by atoms with E-state index in [1.54, 1.807) is 18.2 Å². The fourth-order valence-electron chi connectivity index (χ4n) is 3.42. The number of imidazole rings is 1. The molecule has 27 heavy (non-hydrogen) atoms. The SMILES string of the molecule is O=C(O)c1ccc2c(c1)nc(C1CC1)n2Cc1cccc2c1OC(F)(F)O2. The maximum Gasteiger partial charge on any atom is 0.586 e. The maximum atomic E-state index is 13.5. The summed E-state index contributed by atoms with van der Waals surface area (Å²) < 4.78 is 38.1. The summed E-state index contributed by atoms with van der Waals surface area (Å²) in [6.07, 6.45) is -1.68. The molecule has 1 saturated carbocycles. The van der Waals surface area contributed by atoms with Gasteiger partial charge in [0.2, 0.25) is 0 Å². The van der Waals surface area contributed by atoms with E-state index >= 15 is 0 Å². The zero-order valence-corrected chi connectivity index (χ0v) is 14.0. The molecule has 0 bridgehead atoms. The smallest absolute Gasteiger partial charge is 0.478 e. The third-order valence-corrected chi connectivity index (χ3v) is 4.81. The summed E-state index contributed by atoms with van der Waals surface area (Å²) in [7, 11) is 0. The predicted octanol–water partition coefficient (Wildman–Crippen LogP) is 3.98. The monoisotopic (exact) mass is 372 g/mol. The van der Waals surface area contributed by atoms with Crippen LogP contribution in [0.4, 0.5) is 8.78 Å². The molecule has 0 radical (unpaired) electrons. The van der Waals surface area contributed by atoms with Gasteiger partial charge in [-0.25, -0.2) is 9.78 Å². The fourth-order valence-corrected chi connectivity index (χ4v) is 3.42. The van der Waals surface area contributed by atoms with Crippen LogP contribution in [0.3, 0.4) is 0 Å². The Labute approximate surface area is 152 Å². The van der Waals surface area contributed by atoms with Gasteiger partial charge in [-0.2, -0.15) is 0 Å². The summed E-state index contributed by atoms with van der Waals surface area (Å²) in [5, 5.41) is 9.20. The standard InChI is InChI=1S/C19H14F2N2O4/c20-19(21)26-15-3-1-2-12(16(15)27-19)9-23-14-7-6-11(18(24)25)8-13(14)22-17(23)10-4-5-10/h1-3,6-8,10H,4-5,9H2,(H,24,25). The number of hydrogen-bond donors (Lipinski definition) is 1. The summed E-state index contributed by atoms with van der Waals surface area (Å²) in [4.78, 5) is 15.8. The number of rotatable bonds is 4. The first-order chi connectivity index (χ1) is 12.9. The van der Waals surface area contributed by atoms with E-state index in [9.17, 15) is 18.7 Å². The van der Waals surface area contributed by atoms with Crippen molar-refractivity contribution in [3.05, 3.63) is 53.3 Å². The summed E-state index contributed by atoms with van der Waals surface area (Å²) in [6, 6.07) is 9.53. The molecule has 8 heteroatoms. The molecule has 1 aliphatic heterocycles. The third kappa shape index (κ3) is 2.68. The normalized spacial score (nSPS) is 17.4. The molecule has 6 nitrogen and oxygen atoms in total. The van der Waals surface area contributed by atoms with E-state index in [2.05, 4.69) is 14.5 Å². The lowest BCUT2D eigenvalue weighted by molar-refractivity contribution is -0.286. The molecule has 0 spiro atoms. The van der Waals surface area contributed by atoms with E-state index in [0.29, 0.717) is 17.0 Å². The second-order valence-electron chi connectivity index (χ2n) is 6.75. The zero-order valence-electron chi connectivity index (χ0n) is 14.0. The minimum atomic E-state index is -3.68. The van der Waals surface area contributed by atoms with Gasteiger partial charge in [0, 0.05) is 11.5 Å². The highest BCUT2D eigenvalue weighted by atomic mass is 19.3. The Kier molecular flexibility index (Phi) is 3.22. The Balaban J connectivity index is 1.61. The zero-order chi connectivity index (χ0) is 18.8. The number of carboxylic acids is 1. The van der Waals surface area contributed by atoms with Crippen LogP contribution in [0, 0.1) is 0 Å². The summed E-state index contributed by atoms with van der Waals surface area (Å²) in [5.74, 6) is 0.126. The van der Waals surface area contributed by atoms with Crippen molar-refractivity contribution in [2.75, 3.05) is 0 Å². The summed E-state index contributed by atoms with van der Waals surface area (Å²) >= 11 is 0. The van der Waals surface area contributed by atoms with Gasteiger partial charge in [0.05, 0.1) is 23.1 Å². The average Bonchev–Trinajstić information content (AvgIpc) is 3.32. The number of aromatic nitrogens is 2. The quantitative estimate of drug-likeness (QED) is 0.750. The number of ether oxygens (including phenoxy) is 2. The largest absolute Gasteiger partial charge is 0.586 e. The minimum Gasteiger partial charge on any atom is -0.478 e. The number of halogens is 2. The van der Waals surface area contributed by atoms with Crippen molar-refractivity contribution >= 4 is 17.0 Å². The van der Waals surface area contributed by atoms with Crippen molar-refractivity contribution in [2.45, 2.75) is 31.6 Å². The van der Waals surface area contributed by atoms with Gasteiger partial charge in [-0.15, -0.1) is 8.78 Å². The van der Waals surface area contributed by atoms with Crippen molar-refractivity contribution in [3.63, 3.8) is 0 Å². The molecule has 2 aromatic carbocycles. The first kappa shape index (κ1) is 16.0. The Morgan fingerprint density at radius 2 is 2.07 bits per heavy atom. The van der Waals surface area contributed by atoms with Crippen LogP contribution >= 0.6 is 0 Å². The molecule has 3 aromatic rings. The molecule has 5 rings (SSSR count). The Morgan fingerprint density at radius 3 is 2.81 bits per heavy atom. The Hall–Kier alpha value is -3.16. The fraction of sp³-hybridized carbons (Fsp3) is 0.263. The first-order valence-corrected chi connectivity index (χ1v) is 8.52. The average molecular weight is 372 g/mol. The molecule has 0 atom stereocenters. The van der Waals surface area contributed by atoms with Gasteiger partial charge in [0.1, 0.15) is 5.82 Å². The lowest BCUT2D eigenvalue weighted by Crippen LogP contribution is -2.26. The number of nitrogens with zero attached hydrogens (tertiary/aromatic N) is 2. The second-order valence-corrected chi connectivity index (χ2v) is 6.75. The Bertz CT molecular complexity index is 1090. The van der Waals surface area contributed by atoms with Crippen LogP contribution < -0.4 is 9.47 Å². The van der Waals surface area contributed by atoms with Crippen LogP contribution in [0.15, 0.2) is 36.4 Å². The predicted molar refractivity (Wildman–Crippen MR) is 90.4 cm³/mol. The number of para-hydroxylation sites is 1. The van der Waals surface area contributed by atoms with Crippen molar-refractivity contribution in [1.29, 1.82) is 0 Å². The van der Waals surface area contributed by atoms with Gasteiger partial charge in [0.25, 0.3) is 0 Å². The van der Waals surface area contributed by atoms with Gasteiger partial charge in [-0.1, -0.05) is 12.1 Å². The number of alkyl halides is 2. The van der Waals surface area contributed by atoms with E-state index in [-0.39, 0.29) is 23.6 Å². The summed E-state index contributed by atoms with van der Waals surface area (Å²) in [5.41, 5.74) is 2.04. The van der Waals surface area contributed by atoms with Crippen molar-refractivity contribution in [2.24, 2.45) is 0 Å². The highest BCUT2D eigenvalue weighted by Gasteiger charge is 2.44. The molecule has 2 aliphatic rings. The van der Waals surface area contributed by atoms with Gasteiger partial charge in [-0.05, 0) is 37.1 Å². The number of hydrogen-bond acceptors (Lipinski definition) is 4. The molecule has 1 aliphatic carbocycles. The third-order valence-electron chi connectivity index (χ3n) is 4.81. The van der Waals surface area contributed by atoms with E-state index in [1.807, 2.05) is 4.57 Å². The van der Waals surface area contributed by atoms with E-state index in [0.717, 1.165) is 24.2 Å². The molecular weight excluding hydrogens is 358 g/mol. The van der Waals surface area contributed by atoms with Crippen LogP contribution in [0.1, 0.15) is 40.5 Å². The van der Waals surface area contributed by atoms with Crippen molar-refractivity contribution < 1.29 is 28.2 Å². The highest BCUT2D eigenvalue weighted by Crippen LogP contribution is 2.45. The lowest BCUT2D eigenvalue weighted by atomic mass is 10.1. The number of benzene rings is 2. The van der Waals surface area contributed by atoms with Crippen molar-refractivity contribution in [3.8, 4) is 11.5 Å². The molecule has 1 N–H and O–H groups in total. The molecule has 0 amide bonds. The maximum absolute atomic E-state index is 13.5. The topological polar surface area (TPSA) is 73.6 Å². The van der Waals surface area contributed by atoms with Gasteiger partial charge in [-0.3, -0.25) is 0 Å². The summed E-state index contributed by atoms with van der Waals surface area (Å²) in [6.45, 7) is 0.275. The van der Waals surface area contributed by atoms with Crippen molar-refractivity contribution in [1.82, 2.24) is 9.55 Å². The van der Waals surface area contributed by atoms with Gasteiger partial charge >= 0.3 is 12.3 Å². The van der Waals surface area contributed by atoms with Crippen LogP contribution in [-0.2, 0) is 6.54 Å². The Morgan fingerprint density at radius 1 is 1.26 bits per heavy atom. The molecule has 2 heterocycles. The van der Waals surface area contributed by atoms with Crippen LogP contribution in [-0.4, -0.2) is 26.9 Å². The highest BCUT2D eigenvalue weighted by molar-refractivity contribution is 5.92. The van der Waals surface area contributed by atoms with Crippen LogP contribution in [0.5, 0.6) is 11.5 Å². The number of carboxylic acid groups (broad SMARTS) is 1. The molecule has 1 aromatic heterocycles. The number of carbonyl (C=O) groups is 1. The van der Waals surface area contributed by atoms with Crippen LogP contribution in [0.2, 0.25) is 0 Å². The minimum absolute atomic E-state index is 0.00283. The molecule has 1 fully saturated rings. The van der Waals surface area contributed by atoms with Gasteiger partial charge in [0.15, 0.2) is 11.5 Å². The number of aromatic carboxylic acids is 1. The van der Waals surface area contributed by atoms with E-state index in [1.165, 1.54) is 18.2 Å². The van der Waals surface area contributed by atoms with Crippen LogP contribution in [0.25, 0.3) is 11.0 Å². The van der Waals surface area contributed by atoms with E-state index in [4.69, 9.17) is 0 Å². The lowest BCUT2D eigenvalue weighted by Gasteiger charge is -2.11.